The third kappa shape index (κ3) is 4.11. The zero-order valence-electron chi connectivity index (χ0n) is 13.0. The van der Waals surface area contributed by atoms with Gasteiger partial charge in [-0.05, 0) is 45.0 Å². The van der Waals surface area contributed by atoms with Gasteiger partial charge >= 0.3 is 0 Å². The molecule has 0 bridgehead atoms. The molecule has 1 aromatic carbocycles. The van der Waals surface area contributed by atoms with Crippen molar-refractivity contribution >= 4 is 5.91 Å². The van der Waals surface area contributed by atoms with E-state index in [2.05, 4.69) is 17.1 Å². The highest BCUT2D eigenvalue weighted by Gasteiger charge is 2.19. The maximum atomic E-state index is 12.3. The zero-order valence-corrected chi connectivity index (χ0v) is 13.0. The van der Waals surface area contributed by atoms with Crippen molar-refractivity contribution in [2.45, 2.75) is 25.8 Å². The van der Waals surface area contributed by atoms with Gasteiger partial charge in [-0.25, -0.2) is 0 Å². The molecule has 5 heteroatoms. The van der Waals surface area contributed by atoms with Gasteiger partial charge in [0.15, 0.2) is 0 Å². The summed E-state index contributed by atoms with van der Waals surface area (Å²) in [4.78, 5) is 14.7. The van der Waals surface area contributed by atoms with Crippen LogP contribution in [-0.4, -0.2) is 50.7 Å². The second-order valence-electron chi connectivity index (χ2n) is 5.40. The Balaban J connectivity index is 1.96. The van der Waals surface area contributed by atoms with Crippen LogP contribution in [0.15, 0.2) is 18.2 Å². The first-order valence-electron chi connectivity index (χ1n) is 7.39. The molecule has 0 aromatic heterocycles. The predicted octanol–water partition coefficient (Wildman–Crippen LogP) is 1.92. The van der Waals surface area contributed by atoms with Gasteiger partial charge in [-0.2, -0.15) is 0 Å². The number of methoxy groups -OCH3 is 2. The summed E-state index contributed by atoms with van der Waals surface area (Å²) in [6.45, 7) is 5.06. The molecule has 1 unspecified atom stereocenters. The number of likely N-dealkylation sites (tertiary alicyclic amines) is 1. The molecule has 21 heavy (non-hydrogen) atoms. The van der Waals surface area contributed by atoms with Gasteiger partial charge in [0.1, 0.15) is 11.5 Å². The molecular weight excluding hydrogens is 268 g/mol. The van der Waals surface area contributed by atoms with Crippen molar-refractivity contribution in [1.29, 1.82) is 0 Å². The molecule has 5 nitrogen and oxygen atoms in total. The first-order valence-corrected chi connectivity index (χ1v) is 7.39. The largest absolute Gasteiger partial charge is 0.497 e. The third-order valence-corrected chi connectivity index (χ3v) is 3.94. The molecule has 1 saturated heterocycles. The van der Waals surface area contributed by atoms with Gasteiger partial charge in [0.25, 0.3) is 5.91 Å². The normalized spacial score (nSPS) is 16.5. The molecule has 1 heterocycles. The van der Waals surface area contributed by atoms with Crippen LogP contribution in [0.3, 0.4) is 0 Å². The highest BCUT2D eigenvalue weighted by molar-refractivity contribution is 5.95. The van der Waals surface area contributed by atoms with Gasteiger partial charge in [-0.1, -0.05) is 0 Å². The lowest BCUT2D eigenvalue weighted by molar-refractivity contribution is 0.0939. The molecule has 1 atom stereocenters. The van der Waals surface area contributed by atoms with Crippen LogP contribution in [0.4, 0.5) is 0 Å². The van der Waals surface area contributed by atoms with E-state index in [1.54, 1.807) is 32.4 Å². The Morgan fingerprint density at radius 2 is 1.76 bits per heavy atom. The molecule has 1 aliphatic rings. The minimum absolute atomic E-state index is 0.0988. The van der Waals surface area contributed by atoms with Crippen LogP contribution in [0, 0.1) is 0 Å². The predicted molar refractivity (Wildman–Crippen MR) is 82.1 cm³/mol. The Kier molecular flexibility index (Phi) is 5.44. The van der Waals surface area contributed by atoms with Crippen molar-refractivity contribution in [3.8, 4) is 11.5 Å². The van der Waals surface area contributed by atoms with E-state index in [9.17, 15) is 4.79 Å². The van der Waals surface area contributed by atoms with Crippen molar-refractivity contribution in [3.63, 3.8) is 0 Å². The summed E-state index contributed by atoms with van der Waals surface area (Å²) in [6.07, 6.45) is 2.51. The van der Waals surface area contributed by atoms with Crippen molar-refractivity contribution in [2.24, 2.45) is 0 Å². The summed E-state index contributed by atoms with van der Waals surface area (Å²) in [7, 11) is 3.15. The fourth-order valence-electron chi connectivity index (χ4n) is 2.59. The Bertz CT molecular complexity index is 462. The summed E-state index contributed by atoms with van der Waals surface area (Å²) in [5.41, 5.74) is 0.555. The number of nitrogens with one attached hydrogen (secondary N) is 1. The van der Waals surface area contributed by atoms with Crippen LogP contribution >= 0.6 is 0 Å². The summed E-state index contributed by atoms with van der Waals surface area (Å²) in [5, 5.41) is 2.99. The number of hydrogen-bond acceptors (Lipinski definition) is 4. The number of carbonyl (C=O) groups excluding carboxylic acids is 1. The molecule has 1 aromatic rings. The molecule has 0 aliphatic carbocycles. The quantitative estimate of drug-likeness (QED) is 0.870. The molecular formula is C16H24N2O3. The zero-order chi connectivity index (χ0) is 15.2. The molecule has 0 spiro atoms. The maximum absolute atomic E-state index is 12.3. The van der Waals surface area contributed by atoms with E-state index < -0.39 is 0 Å². The number of nitrogens with zero attached hydrogens (tertiary/aromatic N) is 1. The minimum atomic E-state index is -0.0988. The van der Waals surface area contributed by atoms with Crippen LogP contribution in [0.2, 0.25) is 0 Å². The van der Waals surface area contributed by atoms with Gasteiger partial charge < -0.3 is 14.8 Å². The third-order valence-electron chi connectivity index (χ3n) is 3.94. The van der Waals surface area contributed by atoms with E-state index in [1.807, 2.05) is 0 Å². The van der Waals surface area contributed by atoms with Gasteiger partial charge in [-0.3, -0.25) is 9.69 Å². The first-order chi connectivity index (χ1) is 10.1. The molecule has 1 N–H and O–H groups in total. The lowest BCUT2D eigenvalue weighted by Crippen LogP contribution is -2.40. The lowest BCUT2D eigenvalue weighted by Gasteiger charge is -2.23. The van der Waals surface area contributed by atoms with Crippen molar-refractivity contribution < 1.29 is 14.3 Å². The van der Waals surface area contributed by atoms with E-state index in [4.69, 9.17) is 9.47 Å². The van der Waals surface area contributed by atoms with Crippen LogP contribution in [0.1, 0.15) is 30.1 Å². The van der Waals surface area contributed by atoms with Crippen LogP contribution in [0.5, 0.6) is 11.5 Å². The molecule has 1 amide bonds. The highest BCUT2D eigenvalue weighted by Crippen LogP contribution is 2.22. The Hall–Kier alpha value is -1.75. The second kappa shape index (κ2) is 7.31. The van der Waals surface area contributed by atoms with Crippen molar-refractivity contribution in [3.05, 3.63) is 23.8 Å². The van der Waals surface area contributed by atoms with Crippen LogP contribution < -0.4 is 14.8 Å². The smallest absolute Gasteiger partial charge is 0.251 e. The monoisotopic (exact) mass is 292 g/mol. The maximum Gasteiger partial charge on any atom is 0.251 e. The number of ether oxygens (including phenoxy) is 2. The van der Waals surface area contributed by atoms with E-state index >= 15 is 0 Å². The van der Waals surface area contributed by atoms with Gasteiger partial charge in [0.05, 0.1) is 14.2 Å². The summed E-state index contributed by atoms with van der Waals surface area (Å²) >= 11 is 0. The van der Waals surface area contributed by atoms with E-state index in [0.717, 1.165) is 13.1 Å². The fraction of sp³-hybridized carbons (Fsp3) is 0.562. The average molecular weight is 292 g/mol. The molecule has 116 valence electrons. The lowest BCUT2D eigenvalue weighted by atomic mass is 10.2. The SMILES string of the molecule is COc1cc(OC)cc(C(=O)NCC(C)N2CCCC2)c1. The van der Waals surface area contributed by atoms with Crippen LogP contribution in [-0.2, 0) is 0 Å². The Morgan fingerprint density at radius 1 is 1.19 bits per heavy atom. The number of hydrogen-bond donors (Lipinski definition) is 1. The summed E-state index contributed by atoms with van der Waals surface area (Å²) in [6, 6.07) is 5.56. The summed E-state index contributed by atoms with van der Waals surface area (Å²) < 4.78 is 10.4. The second-order valence-corrected chi connectivity index (χ2v) is 5.40. The molecule has 1 fully saturated rings. The first kappa shape index (κ1) is 15.6. The fourth-order valence-corrected chi connectivity index (χ4v) is 2.59. The minimum Gasteiger partial charge on any atom is -0.497 e. The Morgan fingerprint density at radius 3 is 2.29 bits per heavy atom. The van der Waals surface area contributed by atoms with Gasteiger partial charge in [0.2, 0.25) is 0 Å². The van der Waals surface area contributed by atoms with Gasteiger partial charge in [-0.15, -0.1) is 0 Å². The topological polar surface area (TPSA) is 50.8 Å². The number of amides is 1. The van der Waals surface area contributed by atoms with E-state index in [0.29, 0.717) is 29.6 Å². The Labute approximate surface area is 126 Å². The van der Waals surface area contributed by atoms with Crippen LogP contribution in [0.25, 0.3) is 0 Å². The molecule has 2 rings (SSSR count). The standard InChI is InChI=1S/C16H24N2O3/c1-12(18-6-4-5-7-18)11-17-16(19)13-8-14(20-2)10-15(9-13)21-3/h8-10,12H,4-7,11H2,1-3H3,(H,17,19). The molecule has 1 aliphatic heterocycles. The number of rotatable bonds is 6. The van der Waals surface area contributed by atoms with Crippen molar-refractivity contribution in [1.82, 2.24) is 10.2 Å². The molecule has 0 radical (unpaired) electrons. The average Bonchev–Trinajstić information content (AvgIpc) is 3.06. The van der Waals surface area contributed by atoms with E-state index in [-0.39, 0.29) is 5.91 Å². The van der Waals surface area contributed by atoms with Crippen molar-refractivity contribution in [2.75, 3.05) is 33.9 Å². The molecule has 0 saturated carbocycles. The highest BCUT2D eigenvalue weighted by atomic mass is 16.5. The number of carbonyl (C=O) groups is 1. The number of benzene rings is 1. The van der Waals surface area contributed by atoms with E-state index in [1.165, 1.54) is 12.8 Å². The summed E-state index contributed by atoms with van der Waals surface area (Å²) in [5.74, 6) is 1.14. The van der Waals surface area contributed by atoms with Gasteiger partial charge in [0, 0.05) is 24.2 Å².